The first-order chi connectivity index (χ1) is 9.00. The van der Waals surface area contributed by atoms with E-state index in [1.54, 1.807) is 11.3 Å². The van der Waals surface area contributed by atoms with Crippen molar-refractivity contribution >= 4 is 11.3 Å². The molecule has 0 aliphatic rings. The average molecular weight is 285 g/mol. The third-order valence-corrected chi connectivity index (χ3v) is 3.87. The number of rotatable bonds is 4. The van der Waals surface area contributed by atoms with Crippen LogP contribution in [0.4, 0.5) is 13.2 Å². The van der Waals surface area contributed by atoms with Crippen molar-refractivity contribution in [2.24, 2.45) is 0 Å². The van der Waals surface area contributed by atoms with E-state index >= 15 is 0 Å². The summed E-state index contributed by atoms with van der Waals surface area (Å²) in [5.41, 5.74) is 0.256. The van der Waals surface area contributed by atoms with Crippen LogP contribution in [0.25, 0.3) is 0 Å². The summed E-state index contributed by atoms with van der Waals surface area (Å²) in [6.07, 6.45) is -3.50. The van der Waals surface area contributed by atoms with Crippen LogP contribution in [0, 0.1) is 0 Å². The number of halogens is 3. The lowest BCUT2D eigenvalue weighted by atomic mass is 10.0. The molecule has 0 fully saturated rings. The van der Waals surface area contributed by atoms with Crippen molar-refractivity contribution in [2.75, 3.05) is 7.05 Å². The average Bonchev–Trinajstić information content (AvgIpc) is 2.88. The van der Waals surface area contributed by atoms with Gasteiger partial charge in [-0.15, -0.1) is 11.3 Å². The number of hydrogen-bond donors (Lipinski definition) is 1. The molecule has 0 saturated heterocycles. The van der Waals surface area contributed by atoms with Crippen LogP contribution in [0.2, 0.25) is 0 Å². The second kappa shape index (κ2) is 5.75. The first-order valence-electron chi connectivity index (χ1n) is 5.87. The van der Waals surface area contributed by atoms with Crippen LogP contribution < -0.4 is 5.32 Å². The summed E-state index contributed by atoms with van der Waals surface area (Å²) in [6.45, 7) is 0. The van der Waals surface area contributed by atoms with Gasteiger partial charge in [-0.3, -0.25) is 0 Å². The van der Waals surface area contributed by atoms with Crippen LogP contribution in [0.5, 0.6) is 0 Å². The van der Waals surface area contributed by atoms with E-state index in [-0.39, 0.29) is 6.04 Å². The smallest absolute Gasteiger partial charge is 0.313 e. The Kier molecular flexibility index (Phi) is 4.27. The van der Waals surface area contributed by atoms with Gasteiger partial charge in [0.25, 0.3) is 0 Å². The molecule has 1 heterocycles. The Labute approximate surface area is 114 Å². The van der Waals surface area contributed by atoms with Crippen LogP contribution in [0.15, 0.2) is 41.8 Å². The first-order valence-corrected chi connectivity index (χ1v) is 6.75. The molecule has 0 bridgehead atoms. The topological polar surface area (TPSA) is 12.0 Å². The Morgan fingerprint density at radius 3 is 2.32 bits per heavy atom. The highest BCUT2D eigenvalue weighted by molar-refractivity contribution is 7.09. The van der Waals surface area contributed by atoms with Crippen molar-refractivity contribution in [3.8, 4) is 0 Å². The third-order valence-electron chi connectivity index (χ3n) is 2.97. The highest BCUT2D eigenvalue weighted by atomic mass is 32.1. The van der Waals surface area contributed by atoms with Gasteiger partial charge in [-0.1, -0.05) is 18.2 Å². The molecule has 2 aromatic rings. The summed E-state index contributed by atoms with van der Waals surface area (Å²) in [7, 11) is 1.82. The minimum atomic E-state index is -4.28. The summed E-state index contributed by atoms with van der Waals surface area (Å²) in [5, 5.41) is 5.14. The Hall–Kier alpha value is -1.33. The SMILES string of the molecule is CNC(Cc1cccs1)c1ccc(C(F)(F)F)cc1. The van der Waals surface area contributed by atoms with E-state index in [0.717, 1.165) is 24.1 Å². The molecule has 1 aromatic carbocycles. The van der Waals surface area contributed by atoms with E-state index in [0.29, 0.717) is 0 Å². The van der Waals surface area contributed by atoms with Crippen molar-refractivity contribution < 1.29 is 13.2 Å². The van der Waals surface area contributed by atoms with Gasteiger partial charge in [0, 0.05) is 17.3 Å². The van der Waals surface area contributed by atoms with Crippen LogP contribution in [0.3, 0.4) is 0 Å². The second-order valence-corrected chi connectivity index (χ2v) is 5.28. The molecule has 102 valence electrons. The molecule has 0 aliphatic heterocycles. The molecule has 0 aliphatic carbocycles. The van der Waals surface area contributed by atoms with E-state index in [4.69, 9.17) is 0 Å². The van der Waals surface area contributed by atoms with Gasteiger partial charge < -0.3 is 5.32 Å². The molecule has 0 amide bonds. The quantitative estimate of drug-likeness (QED) is 0.884. The predicted molar refractivity (Wildman–Crippen MR) is 71.3 cm³/mol. The Morgan fingerprint density at radius 1 is 1.16 bits per heavy atom. The monoisotopic (exact) mass is 285 g/mol. The fourth-order valence-electron chi connectivity index (χ4n) is 1.92. The largest absolute Gasteiger partial charge is 0.416 e. The van der Waals surface area contributed by atoms with Crippen molar-refractivity contribution in [1.82, 2.24) is 5.32 Å². The van der Waals surface area contributed by atoms with Gasteiger partial charge >= 0.3 is 6.18 Å². The zero-order valence-electron chi connectivity index (χ0n) is 10.4. The maximum absolute atomic E-state index is 12.5. The molecule has 1 nitrogen and oxygen atoms in total. The predicted octanol–water partition coefficient (Wildman–Crippen LogP) is 4.27. The number of likely N-dealkylation sites (N-methyl/N-ethyl adjacent to an activating group) is 1. The van der Waals surface area contributed by atoms with E-state index < -0.39 is 11.7 Å². The standard InChI is InChI=1S/C14H14F3NS/c1-18-13(9-12-3-2-8-19-12)10-4-6-11(7-5-10)14(15,16)17/h2-8,13,18H,9H2,1H3. The fourth-order valence-corrected chi connectivity index (χ4v) is 2.67. The number of thiophene rings is 1. The highest BCUT2D eigenvalue weighted by Crippen LogP contribution is 2.30. The number of alkyl halides is 3. The lowest BCUT2D eigenvalue weighted by Gasteiger charge is -2.16. The van der Waals surface area contributed by atoms with Crippen molar-refractivity contribution in [3.63, 3.8) is 0 Å². The van der Waals surface area contributed by atoms with Crippen molar-refractivity contribution in [1.29, 1.82) is 0 Å². The van der Waals surface area contributed by atoms with Gasteiger partial charge in [0.1, 0.15) is 0 Å². The molecular formula is C14H14F3NS. The second-order valence-electron chi connectivity index (χ2n) is 4.24. The van der Waals surface area contributed by atoms with Crippen LogP contribution in [-0.4, -0.2) is 7.05 Å². The van der Waals surface area contributed by atoms with Gasteiger partial charge in [-0.25, -0.2) is 0 Å². The summed E-state index contributed by atoms with van der Waals surface area (Å²) in [4.78, 5) is 1.21. The van der Waals surface area contributed by atoms with E-state index in [1.165, 1.54) is 17.0 Å². The number of benzene rings is 1. The lowest BCUT2D eigenvalue weighted by Crippen LogP contribution is -2.18. The minimum Gasteiger partial charge on any atom is -0.313 e. The highest BCUT2D eigenvalue weighted by Gasteiger charge is 2.30. The molecule has 0 radical (unpaired) electrons. The fraction of sp³-hybridized carbons (Fsp3) is 0.286. The lowest BCUT2D eigenvalue weighted by molar-refractivity contribution is -0.137. The molecule has 1 N–H and O–H groups in total. The van der Waals surface area contributed by atoms with Crippen LogP contribution in [-0.2, 0) is 12.6 Å². The Balaban J connectivity index is 2.15. The molecule has 1 atom stereocenters. The summed E-state index contributed by atoms with van der Waals surface area (Å²) >= 11 is 1.65. The van der Waals surface area contributed by atoms with E-state index in [1.807, 2.05) is 24.6 Å². The first kappa shape index (κ1) is 14.1. The Bertz CT molecular complexity index is 502. The third kappa shape index (κ3) is 3.58. The van der Waals surface area contributed by atoms with E-state index in [2.05, 4.69) is 5.32 Å². The normalized spacial score (nSPS) is 13.5. The van der Waals surface area contributed by atoms with Gasteiger partial charge in [0.15, 0.2) is 0 Å². The summed E-state index contributed by atoms with van der Waals surface area (Å²) in [6, 6.07) is 9.37. The molecule has 2 rings (SSSR count). The maximum Gasteiger partial charge on any atom is 0.416 e. The van der Waals surface area contributed by atoms with Gasteiger partial charge in [0.2, 0.25) is 0 Å². The number of nitrogens with one attached hydrogen (secondary N) is 1. The van der Waals surface area contributed by atoms with Crippen LogP contribution >= 0.6 is 11.3 Å². The molecule has 19 heavy (non-hydrogen) atoms. The maximum atomic E-state index is 12.5. The zero-order chi connectivity index (χ0) is 13.9. The molecular weight excluding hydrogens is 271 g/mol. The van der Waals surface area contributed by atoms with Crippen molar-refractivity contribution in [3.05, 3.63) is 57.8 Å². The summed E-state index contributed by atoms with van der Waals surface area (Å²) < 4.78 is 37.5. The van der Waals surface area contributed by atoms with Gasteiger partial charge in [-0.2, -0.15) is 13.2 Å². The number of hydrogen-bond acceptors (Lipinski definition) is 2. The molecule has 1 unspecified atom stereocenters. The van der Waals surface area contributed by atoms with Gasteiger partial charge in [-0.05, 0) is 36.2 Å². The van der Waals surface area contributed by atoms with Gasteiger partial charge in [0.05, 0.1) is 5.56 Å². The molecule has 0 saturated carbocycles. The van der Waals surface area contributed by atoms with Crippen molar-refractivity contribution in [2.45, 2.75) is 18.6 Å². The molecule has 5 heteroatoms. The minimum absolute atomic E-state index is 0.0286. The Morgan fingerprint density at radius 2 is 1.84 bits per heavy atom. The molecule has 1 aromatic heterocycles. The van der Waals surface area contributed by atoms with Crippen LogP contribution in [0.1, 0.15) is 22.0 Å². The zero-order valence-corrected chi connectivity index (χ0v) is 11.2. The summed E-state index contributed by atoms with van der Waals surface area (Å²) in [5.74, 6) is 0. The van der Waals surface area contributed by atoms with E-state index in [9.17, 15) is 13.2 Å². The molecule has 0 spiro atoms.